The van der Waals surface area contributed by atoms with E-state index in [1.807, 2.05) is 0 Å². The van der Waals surface area contributed by atoms with Gasteiger partial charge in [0.05, 0.1) is 31.1 Å². The Morgan fingerprint density at radius 2 is 1.89 bits per heavy atom. The number of thioether (sulfide) groups is 1. The number of rotatable bonds is 6. The third kappa shape index (κ3) is 3.61. The van der Waals surface area contributed by atoms with Gasteiger partial charge in [-0.3, -0.25) is 9.59 Å². The second-order valence-corrected chi connectivity index (χ2v) is 6.94. The molecule has 0 N–H and O–H groups in total. The van der Waals surface area contributed by atoms with Crippen molar-refractivity contribution in [1.82, 2.24) is 0 Å². The van der Waals surface area contributed by atoms with Gasteiger partial charge in [-0.15, -0.1) is 11.8 Å². The molecule has 2 aromatic rings. The number of methoxy groups -OCH3 is 2. The van der Waals surface area contributed by atoms with E-state index in [4.69, 9.17) is 9.47 Å². The molecule has 0 bridgehead atoms. The second kappa shape index (κ2) is 7.71. The Morgan fingerprint density at radius 1 is 1.15 bits per heavy atom. The number of carboxylic acid groups (broad SMARTS) is 1. The number of carboxylic acids is 1. The summed E-state index contributed by atoms with van der Waals surface area (Å²) >= 11 is 1.04. The maximum atomic E-state index is 12.9. The van der Waals surface area contributed by atoms with Crippen LogP contribution < -0.4 is 19.5 Å². The molecule has 1 atom stereocenters. The second-order valence-electron chi connectivity index (χ2n) is 5.70. The molecule has 1 heterocycles. The number of anilines is 1. The van der Waals surface area contributed by atoms with Crippen molar-refractivity contribution in [3.63, 3.8) is 0 Å². The fourth-order valence-electron chi connectivity index (χ4n) is 2.81. The van der Waals surface area contributed by atoms with Crippen LogP contribution in [-0.4, -0.2) is 37.3 Å². The lowest BCUT2D eigenvalue weighted by Gasteiger charge is -2.19. The van der Waals surface area contributed by atoms with Gasteiger partial charge in [-0.25, -0.2) is 4.90 Å². The molecule has 140 valence electrons. The Balaban J connectivity index is 1.89. The van der Waals surface area contributed by atoms with E-state index in [-0.39, 0.29) is 17.9 Å². The van der Waals surface area contributed by atoms with Gasteiger partial charge in [0, 0.05) is 22.9 Å². The molecule has 0 spiro atoms. The first-order valence-electron chi connectivity index (χ1n) is 8.02. The van der Waals surface area contributed by atoms with Crippen LogP contribution in [0, 0.1) is 0 Å². The number of hydrogen-bond acceptors (Lipinski definition) is 7. The van der Waals surface area contributed by atoms with Gasteiger partial charge >= 0.3 is 0 Å². The average Bonchev–Trinajstić information content (AvgIpc) is 2.94. The van der Waals surface area contributed by atoms with Gasteiger partial charge in [0.1, 0.15) is 11.5 Å². The first kappa shape index (κ1) is 18.8. The summed E-state index contributed by atoms with van der Waals surface area (Å²) in [6.45, 7) is 0. The molecule has 0 radical (unpaired) electrons. The predicted molar refractivity (Wildman–Crippen MR) is 97.1 cm³/mol. The summed E-state index contributed by atoms with van der Waals surface area (Å²) in [6.07, 6.45) is -0.0416. The summed E-state index contributed by atoms with van der Waals surface area (Å²) in [5, 5.41) is 10.5. The van der Waals surface area contributed by atoms with E-state index in [1.165, 1.54) is 20.3 Å². The van der Waals surface area contributed by atoms with Crippen LogP contribution in [0.15, 0.2) is 47.4 Å². The SMILES string of the molecule is COc1ccc(N2C(=O)C[C@H](Sc3ccccc3C(=O)[O-])C2=O)c(OC)c1. The molecular formula is C19H16NO6S-. The third-order valence-corrected chi connectivity index (χ3v) is 5.37. The van der Waals surface area contributed by atoms with Crippen LogP contribution in [0.25, 0.3) is 0 Å². The lowest BCUT2D eigenvalue weighted by molar-refractivity contribution is -0.255. The van der Waals surface area contributed by atoms with Gasteiger partial charge in [-0.1, -0.05) is 18.2 Å². The quantitative estimate of drug-likeness (QED) is 0.694. The van der Waals surface area contributed by atoms with Crippen LogP contribution in [0.1, 0.15) is 16.8 Å². The number of imide groups is 1. The molecule has 0 saturated carbocycles. The molecule has 1 aliphatic rings. The van der Waals surface area contributed by atoms with Crippen LogP contribution >= 0.6 is 11.8 Å². The van der Waals surface area contributed by atoms with E-state index in [9.17, 15) is 19.5 Å². The Bertz CT molecular complexity index is 913. The van der Waals surface area contributed by atoms with Crippen LogP contribution in [0.4, 0.5) is 5.69 Å². The van der Waals surface area contributed by atoms with E-state index in [0.717, 1.165) is 16.7 Å². The zero-order valence-corrected chi connectivity index (χ0v) is 15.4. The highest BCUT2D eigenvalue weighted by Crippen LogP contribution is 2.39. The van der Waals surface area contributed by atoms with E-state index in [2.05, 4.69) is 0 Å². The first-order valence-corrected chi connectivity index (χ1v) is 8.90. The van der Waals surface area contributed by atoms with Crippen molar-refractivity contribution in [3.8, 4) is 11.5 Å². The highest BCUT2D eigenvalue weighted by molar-refractivity contribution is 8.00. The minimum Gasteiger partial charge on any atom is -0.545 e. The molecule has 8 heteroatoms. The smallest absolute Gasteiger partial charge is 0.247 e. The molecular weight excluding hydrogens is 370 g/mol. The standard InChI is InChI=1S/C19H17NO6S/c1-25-11-7-8-13(14(9-11)26-2)20-17(21)10-16(18(20)22)27-15-6-4-3-5-12(15)19(23)24/h3-9,16H,10H2,1-2H3,(H,23,24)/p-1/t16-/m0/s1. The molecule has 27 heavy (non-hydrogen) atoms. The molecule has 2 aromatic carbocycles. The van der Waals surface area contributed by atoms with E-state index in [0.29, 0.717) is 22.1 Å². The molecule has 0 unspecified atom stereocenters. The van der Waals surface area contributed by atoms with E-state index < -0.39 is 17.1 Å². The zero-order chi connectivity index (χ0) is 19.6. The summed E-state index contributed by atoms with van der Waals surface area (Å²) in [5.74, 6) is -1.28. The number of carbonyl (C=O) groups excluding carboxylic acids is 3. The number of amides is 2. The average molecular weight is 386 g/mol. The topological polar surface area (TPSA) is 96.0 Å². The number of ether oxygens (including phenoxy) is 2. The molecule has 1 fully saturated rings. The fraction of sp³-hybridized carbons (Fsp3) is 0.211. The van der Waals surface area contributed by atoms with Crippen molar-refractivity contribution in [2.45, 2.75) is 16.6 Å². The van der Waals surface area contributed by atoms with Crippen LogP contribution in [-0.2, 0) is 9.59 Å². The summed E-state index contributed by atoms with van der Waals surface area (Å²) in [7, 11) is 2.94. The van der Waals surface area contributed by atoms with Crippen molar-refractivity contribution in [3.05, 3.63) is 48.0 Å². The third-order valence-electron chi connectivity index (χ3n) is 4.11. The molecule has 1 saturated heterocycles. The lowest BCUT2D eigenvalue weighted by atomic mass is 10.2. The number of aromatic carboxylic acids is 1. The number of hydrogen-bond donors (Lipinski definition) is 0. The molecule has 7 nitrogen and oxygen atoms in total. The molecule has 2 amide bonds. The van der Waals surface area contributed by atoms with Crippen LogP contribution in [0.2, 0.25) is 0 Å². The molecule has 1 aliphatic heterocycles. The van der Waals surface area contributed by atoms with Crippen molar-refractivity contribution in [2.24, 2.45) is 0 Å². The summed E-state index contributed by atoms with van der Waals surface area (Å²) < 4.78 is 10.4. The van der Waals surface area contributed by atoms with E-state index >= 15 is 0 Å². The zero-order valence-electron chi connectivity index (χ0n) is 14.6. The van der Waals surface area contributed by atoms with Gasteiger partial charge in [0.25, 0.3) is 0 Å². The summed E-state index contributed by atoms with van der Waals surface area (Å²) in [4.78, 5) is 38.1. The predicted octanol–water partition coefficient (Wildman–Crippen LogP) is 1.49. The number of benzene rings is 2. The van der Waals surface area contributed by atoms with Crippen molar-refractivity contribution >= 4 is 35.2 Å². The Kier molecular flexibility index (Phi) is 5.36. The molecule has 3 rings (SSSR count). The number of carbonyl (C=O) groups is 3. The van der Waals surface area contributed by atoms with Crippen molar-refractivity contribution < 1.29 is 29.0 Å². The summed E-state index contributed by atoms with van der Waals surface area (Å²) in [6, 6.07) is 11.0. The van der Waals surface area contributed by atoms with Gasteiger partial charge < -0.3 is 19.4 Å². The molecule has 0 aliphatic carbocycles. The Labute approximate surface area is 159 Å². The lowest BCUT2D eigenvalue weighted by Crippen LogP contribution is -2.31. The maximum Gasteiger partial charge on any atom is 0.247 e. The Morgan fingerprint density at radius 3 is 2.56 bits per heavy atom. The van der Waals surface area contributed by atoms with Crippen molar-refractivity contribution in [2.75, 3.05) is 19.1 Å². The van der Waals surface area contributed by atoms with Gasteiger partial charge in [0.15, 0.2) is 0 Å². The van der Waals surface area contributed by atoms with Gasteiger partial charge in [-0.2, -0.15) is 0 Å². The van der Waals surface area contributed by atoms with Gasteiger partial charge in [0.2, 0.25) is 11.8 Å². The minimum absolute atomic E-state index is 0.0109. The fourth-order valence-corrected chi connectivity index (χ4v) is 3.98. The summed E-state index contributed by atoms with van der Waals surface area (Å²) in [5.41, 5.74) is 0.313. The minimum atomic E-state index is -1.33. The van der Waals surface area contributed by atoms with E-state index in [1.54, 1.807) is 36.4 Å². The Hall–Kier alpha value is -3.00. The van der Waals surface area contributed by atoms with Crippen LogP contribution in [0.3, 0.4) is 0 Å². The number of nitrogens with zero attached hydrogens (tertiary/aromatic N) is 1. The van der Waals surface area contributed by atoms with Crippen LogP contribution in [0.5, 0.6) is 11.5 Å². The monoisotopic (exact) mass is 386 g/mol. The molecule has 0 aromatic heterocycles. The van der Waals surface area contributed by atoms with Gasteiger partial charge in [-0.05, 0) is 18.2 Å². The first-order chi connectivity index (χ1) is 13.0. The normalized spacial score (nSPS) is 16.5. The highest BCUT2D eigenvalue weighted by Gasteiger charge is 2.41. The van der Waals surface area contributed by atoms with Crippen molar-refractivity contribution in [1.29, 1.82) is 0 Å². The highest BCUT2D eigenvalue weighted by atomic mass is 32.2. The largest absolute Gasteiger partial charge is 0.545 e. The maximum absolute atomic E-state index is 12.9.